The summed E-state index contributed by atoms with van der Waals surface area (Å²) in [5, 5.41) is 2.81. The first kappa shape index (κ1) is 16.1. The molecule has 0 aliphatic heterocycles. The minimum absolute atomic E-state index is 0.125. The van der Waals surface area contributed by atoms with Crippen LogP contribution in [0.4, 0.5) is 4.39 Å². The van der Waals surface area contributed by atoms with Crippen LogP contribution in [0.5, 0.6) is 0 Å². The van der Waals surface area contributed by atoms with Gasteiger partial charge in [0.15, 0.2) is 0 Å². The normalized spacial score (nSPS) is 11.9. The van der Waals surface area contributed by atoms with E-state index < -0.39 is 6.04 Å². The van der Waals surface area contributed by atoms with E-state index in [-0.39, 0.29) is 18.1 Å². The lowest BCUT2D eigenvalue weighted by molar-refractivity contribution is -0.121. The second-order valence-corrected chi connectivity index (χ2v) is 5.18. The molecule has 0 aliphatic rings. The number of benzene rings is 1. The van der Waals surface area contributed by atoms with Crippen molar-refractivity contribution >= 4 is 5.91 Å². The highest BCUT2D eigenvalue weighted by Crippen LogP contribution is 2.09. The number of pyridine rings is 1. The van der Waals surface area contributed by atoms with Crippen molar-refractivity contribution in [3.8, 4) is 0 Å². The highest BCUT2D eigenvalue weighted by atomic mass is 19.1. The Morgan fingerprint density at radius 3 is 2.73 bits per heavy atom. The number of amides is 1. The monoisotopic (exact) mass is 301 g/mol. The summed E-state index contributed by atoms with van der Waals surface area (Å²) in [7, 11) is 0. The summed E-state index contributed by atoms with van der Waals surface area (Å²) in [5.74, 6) is -0.409. The summed E-state index contributed by atoms with van der Waals surface area (Å²) in [5.41, 5.74) is 7.39. The molecule has 0 bridgehead atoms. The molecule has 0 aliphatic carbocycles. The molecule has 0 radical (unpaired) electrons. The second kappa shape index (κ2) is 8.24. The number of halogens is 1. The fourth-order valence-electron chi connectivity index (χ4n) is 2.20. The molecule has 2 rings (SSSR count). The summed E-state index contributed by atoms with van der Waals surface area (Å²) >= 11 is 0. The van der Waals surface area contributed by atoms with Crippen LogP contribution in [0.1, 0.15) is 17.7 Å². The van der Waals surface area contributed by atoms with Crippen LogP contribution in [0.2, 0.25) is 0 Å². The van der Waals surface area contributed by atoms with Gasteiger partial charge in [-0.3, -0.25) is 9.78 Å². The van der Waals surface area contributed by atoms with Crippen LogP contribution in [0.25, 0.3) is 0 Å². The van der Waals surface area contributed by atoms with Crippen LogP contribution >= 0.6 is 0 Å². The molecule has 1 aromatic carbocycles. The van der Waals surface area contributed by atoms with Crippen molar-refractivity contribution in [3.63, 3.8) is 0 Å². The van der Waals surface area contributed by atoms with Crippen LogP contribution in [-0.4, -0.2) is 23.5 Å². The van der Waals surface area contributed by atoms with Gasteiger partial charge in [0.05, 0.1) is 0 Å². The molecular formula is C17H20FN3O. The van der Waals surface area contributed by atoms with E-state index >= 15 is 0 Å². The molecule has 0 saturated heterocycles. The first-order valence-corrected chi connectivity index (χ1v) is 7.30. The number of nitrogens with one attached hydrogen (secondary N) is 1. The molecular weight excluding hydrogens is 281 g/mol. The van der Waals surface area contributed by atoms with Crippen molar-refractivity contribution in [2.24, 2.45) is 5.73 Å². The zero-order valence-corrected chi connectivity index (χ0v) is 12.3. The minimum atomic E-state index is -0.397. The lowest BCUT2D eigenvalue weighted by Gasteiger charge is -2.12. The molecule has 1 atom stereocenters. The molecule has 4 nitrogen and oxygen atoms in total. The van der Waals surface area contributed by atoms with Gasteiger partial charge in [-0.1, -0.05) is 24.3 Å². The highest BCUT2D eigenvalue weighted by molar-refractivity contribution is 5.76. The second-order valence-electron chi connectivity index (χ2n) is 5.18. The van der Waals surface area contributed by atoms with E-state index in [4.69, 9.17) is 5.73 Å². The van der Waals surface area contributed by atoms with E-state index in [0.717, 1.165) is 5.69 Å². The molecule has 0 fully saturated rings. The predicted octanol–water partition coefficient (Wildman–Crippen LogP) is 1.84. The van der Waals surface area contributed by atoms with Crippen LogP contribution < -0.4 is 11.1 Å². The Bertz CT molecular complexity index is 604. The number of nitrogens with two attached hydrogens (primary N) is 1. The fourth-order valence-corrected chi connectivity index (χ4v) is 2.20. The van der Waals surface area contributed by atoms with Crippen LogP contribution in [0.15, 0.2) is 48.7 Å². The number of carbonyl (C=O) groups is 1. The third-order valence-electron chi connectivity index (χ3n) is 3.32. The maximum Gasteiger partial charge on any atom is 0.221 e. The van der Waals surface area contributed by atoms with Gasteiger partial charge >= 0.3 is 0 Å². The Hall–Kier alpha value is -2.27. The molecule has 3 N–H and O–H groups in total. The van der Waals surface area contributed by atoms with Crippen molar-refractivity contribution in [1.82, 2.24) is 10.3 Å². The number of aromatic nitrogens is 1. The Balaban J connectivity index is 1.71. The number of rotatable bonds is 7. The molecule has 0 spiro atoms. The van der Waals surface area contributed by atoms with Gasteiger partial charge in [-0.15, -0.1) is 0 Å². The Morgan fingerprint density at radius 2 is 2.00 bits per heavy atom. The largest absolute Gasteiger partial charge is 0.356 e. The standard InChI is InChI=1S/C17H20FN3O/c18-16-7-2-1-5-13(16)11-14(19)12-17(22)21-10-8-15-6-3-4-9-20-15/h1-7,9,14H,8,10-12,19H2,(H,21,22)/t14-/m1/s1. The summed E-state index contributed by atoms with van der Waals surface area (Å²) in [6.07, 6.45) is 2.92. The average molecular weight is 301 g/mol. The van der Waals surface area contributed by atoms with E-state index in [1.54, 1.807) is 24.4 Å². The molecule has 116 valence electrons. The Morgan fingerprint density at radius 1 is 1.23 bits per heavy atom. The van der Waals surface area contributed by atoms with Crippen molar-refractivity contribution in [2.75, 3.05) is 6.54 Å². The lowest BCUT2D eigenvalue weighted by Crippen LogP contribution is -2.34. The molecule has 22 heavy (non-hydrogen) atoms. The molecule has 1 amide bonds. The molecule has 2 aromatic rings. The molecule has 1 heterocycles. The van der Waals surface area contributed by atoms with Crippen molar-refractivity contribution < 1.29 is 9.18 Å². The summed E-state index contributed by atoms with van der Waals surface area (Å²) in [6.45, 7) is 0.516. The van der Waals surface area contributed by atoms with Gasteiger partial charge in [0.25, 0.3) is 0 Å². The van der Waals surface area contributed by atoms with Gasteiger partial charge in [0.2, 0.25) is 5.91 Å². The Labute approximate surface area is 129 Å². The Kier molecular flexibility index (Phi) is 6.03. The van der Waals surface area contributed by atoms with E-state index in [1.165, 1.54) is 6.07 Å². The SMILES string of the molecule is N[C@@H](CC(=O)NCCc1ccccn1)Cc1ccccc1F. The van der Waals surface area contributed by atoms with Gasteiger partial charge in [0.1, 0.15) is 5.82 Å². The number of hydrogen-bond donors (Lipinski definition) is 2. The lowest BCUT2D eigenvalue weighted by atomic mass is 10.0. The zero-order chi connectivity index (χ0) is 15.8. The number of hydrogen-bond acceptors (Lipinski definition) is 3. The summed E-state index contributed by atoms with van der Waals surface area (Å²) in [6, 6.07) is 11.8. The van der Waals surface area contributed by atoms with Crippen molar-refractivity contribution in [2.45, 2.75) is 25.3 Å². The quantitative estimate of drug-likeness (QED) is 0.820. The average Bonchev–Trinajstić information content (AvgIpc) is 2.50. The third-order valence-corrected chi connectivity index (χ3v) is 3.32. The van der Waals surface area contributed by atoms with Gasteiger partial charge < -0.3 is 11.1 Å². The van der Waals surface area contributed by atoms with Crippen LogP contribution in [-0.2, 0) is 17.6 Å². The van der Waals surface area contributed by atoms with E-state index in [2.05, 4.69) is 10.3 Å². The molecule has 0 unspecified atom stereocenters. The highest BCUT2D eigenvalue weighted by Gasteiger charge is 2.12. The van der Waals surface area contributed by atoms with Crippen molar-refractivity contribution in [3.05, 3.63) is 65.7 Å². The molecule has 1 aromatic heterocycles. The predicted molar refractivity (Wildman–Crippen MR) is 83.6 cm³/mol. The third kappa shape index (κ3) is 5.26. The van der Waals surface area contributed by atoms with Gasteiger partial charge in [-0.2, -0.15) is 0 Å². The van der Waals surface area contributed by atoms with E-state index in [1.807, 2.05) is 18.2 Å². The van der Waals surface area contributed by atoms with Crippen molar-refractivity contribution in [1.29, 1.82) is 0 Å². The number of carbonyl (C=O) groups excluding carboxylic acids is 1. The molecule has 5 heteroatoms. The summed E-state index contributed by atoms with van der Waals surface area (Å²) in [4.78, 5) is 16.0. The smallest absolute Gasteiger partial charge is 0.221 e. The number of nitrogens with zero attached hydrogens (tertiary/aromatic N) is 1. The molecule has 0 saturated carbocycles. The topological polar surface area (TPSA) is 68.0 Å². The van der Waals surface area contributed by atoms with E-state index in [9.17, 15) is 9.18 Å². The van der Waals surface area contributed by atoms with Gasteiger partial charge in [-0.25, -0.2) is 4.39 Å². The van der Waals surface area contributed by atoms with Crippen LogP contribution in [0.3, 0.4) is 0 Å². The zero-order valence-electron chi connectivity index (χ0n) is 12.3. The maximum absolute atomic E-state index is 13.5. The fraction of sp³-hybridized carbons (Fsp3) is 0.294. The van der Waals surface area contributed by atoms with Gasteiger partial charge in [0, 0.05) is 37.3 Å². The van der Waals surface area contributed by atoms with Gasteiger partial charge in [-0.05, 0) is 30.2 Å². The first-order valence-electron chi connectivity index (χ1n) is 7.30. The first-order chi connectivity index (χ1) is 10.6. The maximum atomic E-state index is 13.5. The van der Waals surface area contributed by atoms with Crippen LogP contribution in [0, 0.1) is 5.82 Å². The summed E-state index contributed by atoms with van der Waals surface area (Å²) < 4.78 is 13.5. The minimum Gasteiger partial charge on any atom is -0.356 e. The van der Waals surface area contributed by atoms with E-state index in [0.29, 0.717) is 24.9 Å².